The Morgan fingerprint density at radius 1 is 1.26 bits per heavy atom. The van der Waals surface area contributed by atoms with Gasteiger partial charge in [-0.05, 0) is 55.6 Å². The molecule has 2 aliphatic rings. The molecule has 8 heteroatoms. The van der Waals surface area contributed by atoms with Crippen LogP contribution in [0.3, 0.4) is 0 Å². The lowest BCUT2D eigenvalue weighted by molar-refractivity contribution is 0.409. The third-order valence-electron chi connectivity index (χ3n) is 3.36. The van der Waals surface area contributed by atoms with E-state index in [2.05, 4.69) is 46.8 Å². The van der Waals surface area contributed by atoms with Crippen molar-refractivity contribution in [3.05, 3.63) is 54.8 Å². The van der Waals surface area contributed by atoms with Crippen LogP contribution in [0.4, 0.5) is 5.95 Å². The molecule has 0 amide bonds. The largest absolute Gasteiger partial charge is 0.494 e. The molecular formula is C15H12Br2N4O2. The summed E-state index contributed by atoms with van der Waals surface area (Å²) in [4.78, 5) is 23.3. The molecule has 0 bridgehead atoms. The highest BCUT2D eigenvalue weighted by Crippen LogP contribution is 2.35. The first-order chi connectivity index (χ1) is 11.0. The van der Waals surface area contributed by atoms with Crippen LogP contribution >= 0.6 is 31.9 Å². The first-order valence-corrected chi connectivity index (χ1v) is 8.24. The topological polar surface area (TPSA) is 93.9 Å². The molecule has 0 atom stereocenters. The van der Waals surface area contributed by atoms with Gasteiger partial charge >= 0.3 is 0 Å². The number of nitrogen functional groups attached to an aromatic ring is 1. The lowest BCUT2D eigenvalue weighted by Crippen LogP contribution is -2.11. The van der Waals surface area contributed by atoms with Gasteiger partial charge in [-0.1, -0.05) is 0 Å². The van der Waals surface area contributed by atoms with Crippen molar-refractivity contribution in [2.75, 3.05) is 12.8 Å². The standard InChI is InChI=1S/C15H12Br2N4O2/c1-23-13-9(16)5-7(6-10(13)17)4-8-12-11(20-15(18)21-12)2-3-19-14(8)22/h2-3,5-6H,4H2,1H3,(H,19,22)(H2,18,20,21). The second-order valence-corrected chi connectivity index (χ2v) is 6.58. The van der Waals surface area contributed by atoms with E-state index in [1.807, 2.05) is 12.1 Å². The maximum Gasteiger partial charge on any atom is 0.253 e. The Labute approximate surface area is 148 Å². The second-order valence-electron chi connectivity index (χ2n) is 4.87. The predicted octanol–water partition coefficient (Wildman–Crippen LogP) is 2.98. The lowest BCUT2D eigenvalue weighted by Gasteiger charge is -2.09. The van der Waals surface area contributed by atoms with E-state index in [0.717, 1.165) is 14.5 Å². The summed E-state index contributed by atoms with van der Waals surface area (Å²) in [6.45, 7) is 0. The Kier molecular flexibility index (Phi) is 4.36. The number of nitrogens with two attached hydrogens (primary N) is 1. The highest BCUT2D eigenvalue weighted by molar-refractivity contribution is 9.11. The van der Waals surface area contributed by atoms with E-state index >= 15 is 0 Å². The maximum absolute atomic E-state index is 12.3. The molecule has 6 nitrogen and oxygen atoms in total. The van der Waals surface area contributed by atoms with Crippen molar-refractivity contribution in [2.45, 2.75) is 6.42 Å². The molecule has 0 saturated carbocycles. The van der Waals surface area contributed by atoms with E-state index in [0.29, 0.717) is 29.1 Å². The molecule has 1 aromatic carbocycles. The van der Waals surface area contributed by atoms with Crippen LogP contribution in [-0.4, -0.2) is 22.1 Å². The normalized spacial score (nSPS) is 10.9. The number of hydrogen-bond donors (Lipinski definition) is 2. The molecule has 0 spiro atoms. The average molecular weight is 440 g/mol. The number of benzene rings is 1. The monoisotopic (exact) mass is 438 g/mol. The van der Waals surface area contributed by atoms with Crippen LogP contribution in [0.2, 0.25) is 0 Å². The molecule has 0 saturated heterocycles. The van der Waals surface area contributed by atoms with Crippen LogP contribution in [0.25, 0.3) is 11.4 Å². The first-order valence-electron chi connectivity index (χ1n) is 6.65. The molecule has 0 aliphatic carbocycles. The fourth-order valence-electron chi connectivity index (χ4n) is 2.38. The van der Waals surface area contributed by atoms with Crippen molar-refractivity contribution in [1.29, 1.82) is 0 Å². The number of nitrogens with zero attached hydrogens (tertiary/aromatic N) is 2. The minimum atomic E-state index is -0.219. The SMILES string of the molecule is COc1c(Br)cc(Cc2c3nc(N)nc-3cc[nH]c2=O)cc1Br. The molecule has 1 aromatic rings. The number of hydrogen-bond acceptors (Lipinski definition) is 5. The molecule has 118 valence electrons. The van der Waals surface area contributed by atoms with Gasteiger partial charge in [-0.15, -0.1) is 0 Å². The molecule has 2 heterocycles. The Balaban J connectivity index is 2.12. The number of imidazole rings is 1. The van der Waals surface area contributed by atoms with E-state index in [4.69, 9.17) is 10.5 Å². The zero-order chi connectivity index (χ0) is 16.6. The van der Waals surface area contributed by atoms with Crippen LogP contribution in [0.5, 0.6) is 5.75 Å². The van der Waals surface area contributed by atoms with Crippen molar-refractivity contribution in [3.63, 3.8) is 0 Å². The average Bonchev–Trinajstić information content (AvgIpc) is 2.78. The third-order valence-corrected chi connectivity index (χ3v) is 4.54. The number of fused-ring (bicyclic) bond motifs is 1. The van der Waals surface area contributed by atoms with Crippen LogP contribution in [0.1, 0.15) is 11.1 Å². The Morgan fingerprint density at radius 2 is 1.96 bits per heavy atom. The van der Waals surface area contributed by atoms with Crippen LogP contribution in [0.15, 0.2) is 38.1 Å². The van der Waals surface area contributed by atoms with Crippen molar-refractivity contribution < 1.29 is 4.74 Å². The number of methoxy groups -OCH3 is 1. The van der Waals surface area contributed by atoms with Crippen LogP contribution in [-0.2, 0) is 6.42 Å². The highest BCUT2D eigenvalue weighted by atomic mass is 79.9. The Hall–Kier alpha value is -1.93. The van der Waals surface area contributed by atoms with Crippen molar-refractivity contribution in [3.8, 4) is 17.1 Å². The van der Waals surface area contributed by atoms with Gasteiger partial charge in [-0.3, -0.25) is 4.79 Å². The number of H-pyrrole nitrogens is 1. The molecule has 3 N–H and O–H groups in total. The minimum absolute atomic E-state index is 0.156. The smallest absolute Gasteiger partial charge is 0.253 e. The maximum atomic E-state index is 12.3. The number of rotatable bonds is 3. The first kappa shape index (κ1) is 15.9. The summed E-state index contributed by atoms with van der Waals surface area (Å²) < 4.78 is 6.89. The summed E-state index contributed by atoms with van der Waals surface area (Å²) in [5.74, 6) is 0.854. The van der Waals surface area contributed by atoms with Crippen molar-refractivity contribution in [2.24, 2.45) is 0 Å². The summed E-state index contributed by atoms with van der Waals surface area (Å²) in [6, 6.07) is 5.49. The van der Waals surface area contributed by atoms with Gasteiger partial charge in [0.2, 0.25) is 5.95 Å². The van der Waals surface area contributed by atoms with Crippen molar-refractivity contribution >= 4 is 37.8 Å². The molecule has 3 rings (SSSR count). The zero-order valence-corrected chi connectivity index (χ0v) is 15.2. The van der Waals surface area contributed by atoms with E-state index in [-0.39, 0.29) is 11.5 Å². The van der Waals surface area contributed by atoms with E-state index < -0.39 is 0 Å². The molecular weight excluding hydrogens is 428 g/mol. The fourth-order valence-corrected chi connectivity index (χ4v) is 3.98. The van der Waals surface area contributed by atoms with Gasteiger partial charge in [0, 0.05) is 18.2 Å². The number of anilines is 1. The van der Waals surface area contributed by atoms with E-state index in [9.17, 15) is 4.79 Å². The minimum Gasteiger partial charge on any atom is -0.494 e. The summed E-state index contributed by atoms with van der Waals surface area (Å²) in [6.07, 6.45) is 1.93. The number of halogens is 2. The number of aromatic nitrogens is 3. The van der Waals surface area contributed by atoms with Gasteiger partial charge in [0.05, 0.1) is 21.7 Å². The van der Waals surface area contributed by atoms with E-state index in [1.54, 1.807) is 19.4 Å². The molecule has 0 aromatic heterocycles. The zero-order valence-electron chi connectivity index (χ0n) is 12.1. The quantitative estimate of drug-likeness (QED) is 0.654. The Bertz CT molecular complexity index is 887. The third kappa shape index (κ3) is 3.09. The lowest BCUT2D eigenvalue weighted by atomic mass is 10.0. The van der Waals surface area contributed by atoms with E-state index in [1.165, 1.54) is 0 Å². The fraction of sp³-hybridized carbons (Fsp3) is 0.133. The van der Waals surface area contributed by atoms with Gasteiger partial charge in [-0.2, -0.15) is 0 Å². The second kappa shape index (κ2) is 6.29. The van der Waals surface area contributed by atoms with Gasteiger partial charge in [0.25, 0.3) is 5.56 Å². The number of nitrogens with one attached hydrogen (secondary N) is 1. The molecule has 0 fully saturated rings. The number of aromatic amines is 1. The van der Waals surface area contributed by atoms with Crippen LogP contribution < -0.4 is 16.0 Å². The summed E-state index contributed by atoms with van der Waals surface area (Å²) in [7, 11) is 1.60. The summed E-state index contributed by atoms with van der Waals surface area (Å²) in [5.41, 5.74) is 7.97. The molecule has 2 aliphatic heterocycles. The predicted molar refractivity (Wildman–Crippen MR) is 94.9 cm³/mol. The van der Waals surface area contributed by atoms with Crippen molar-refractivity contribution in [1.82, 2.24) is 15.0 Å². The summed E-state index contributed by atoms with van der Waals surface area (Å²) in [5, 5.41) is 0. The van der Waals surface area contributed by atoms with Gasteiger partial charge in [-0.25, -0.2) is 9.97 Å². The molecule has 23 heavy (non-hydrogen) atoms. The van der Waals surface area contributed by atoms with Gasteiger partial charge in [0.1, 0.15) is 11.4 Å². The Morgan fingerprint density at radius 3 is 2.61 bits per heavy atom. The molecule has 0 radical (unpaired) electrons. The number of ether oxygens (including phenoxy) is 1. The van der Waals surface area contributed by atoms with Gasteiger partial charge < -0.3 is 15.5 Å². The summed E-state index contributed by atoms with van der Waals surface area (Å²) >= 11 is 6.93. The highest BCUT2D eigenvalue weighted by Gasteiger charge is 2.17. The van der Waals surface area contributed by atoms with Crippen LogP contribution in [0, 0.1) is 0 Å². The molecule has 0 unspecified atom stereocenters. The van der Waals surface area contributed by atoms with Gasteiger partial charge in [0.15, 0.2) is 0 Å².